The van der Waals surface area contributed by atoms with E-state index in [0.717, 1.165) is 29.7 Å². The standard InChI is InChI=1S/C25H22FN3O2/c26-18-7-6-10-20(17-18)31-25-23(24(30)28-15-13-27-14-16-28)21-11-4-5-12-22(21)29(25)19-8-2-1-3-9-19/h1-12,17,27H,13-16H2. The lowest BCUT2D eigenvalue weighted by Crippen LogP contribution is -2.46. The number of piperazine rings is 1. The van der Waals surface area contributed by atoms with Gasteiger partial charge >= 0.3 is 0 Å². The maximum absolute atomic E-state index is 13.9. The second kappa shape index (κ2) is 8.24. The maximum atomic E-state index is 13.9. The van der Waals surface area contributed by atoms with Gasteiger partial charge in [-0.3, -0.25) is 9.36 Å². The fraction of sp³-hybridized carbons (Fsp3) is 0.160. The number of nitrogens with zero attached hydrogens (tertiary/aromatic N) is 2. The summed E-state index contributed by atoms with van der Waals surface area (Å²) in [5.41, 5.74) is 2.22. The predicted octanol–water partition coefficient (Wildman–Crippen LogP) is 4.61. The van der Waals surface area contributed by atoms with Crippen LogP contribution in [0.2, 0.25) is 0 Å². The number of nitrogens with one attached hydrogen (secondary N) is 1. The molecule has 0 saturated carbocycles. The van der Waals surface area contributed by atoms with E-state index in [0.29, 0.717) is 30.3 Å². The van der Waals surface area contributed by atoms with Gasteiger partial charge in [0.25, 0.3) is 5.91 Å². The number of fused-ring (bicyclic) bond motifs is 1. The van der Waals surface area contributed by atoms with Crippen molar-refractivity contribution in [1.82, 2.24) is 14.8 Å². The van der Waals surface area contributed by atoms with Gasteiger partial charge in [0.2, 0.25) is 5.88 Å². The Morgan fingerprint density at radius 2 is 1.65 bits per heavy atom. The van der Waals surface area contributed by atoms with Crippen LogP contribution in [-0.2, 0) is 0 Å². The molecule has 5 rings (SSSR count). The highest BCUT2D eigenvalue weighted by Crippen LogP contribution is 2.38. The number of carbonyl (C=O) groups is 1. The number of carbonyl (C=O) groups excluding carboxylic acids is 1. The molecule has 1 amide bonds. The Hall–Kier alpha value is -3.64. The van der Waals surface area contributed by atoms with Gasteiger partial charge in [0.15, 0.2) is 0 Å². The van der Waals surface area contributed by atoms with Crippen LogP contribution in [0.4, 0.5) is 4.39 Å². The molecule has 6 heteroatoms. The van der Waals surface area contributed by atoms with Gasteiger partial charge in [-0.1, -0.05) is 42.5 Å². The van der Waals surface area contributed by atoms with E-state index in [4.69, 9.17) is 4.74 Å². The van der Waals surface area contributed by atoms with Crippen molar-refractivity contribution in [3.05, 3.63) is 90.2 Å². The van der Waals surface area contributed by atoms with E-state index in [1.165, 1.54) is 12.1 Å². The zero-order valence-electron chi connectivity index (χ0n) is 16.9. The second-order valence-corrected chi connectivity index (χ2v) is 7.47. The molecule has 0 aliphatic carbocycles. The first-order valence-corrected chi connectivity index (χ1v) is 10.3. The van der Waals surface area contributed by atoms with Crippen LogP contribution in [-0.4, -0.2) is 41.6 Å². The molecule has 1 saturated heterocycles. The minimum atomic E-state index is -0.394. The smallest absolute Gasteiger partial charge is 0.260 e. The number of para-hydroxylation sites is 2. The van der Waals surface area contributed by atoms with E-state index in [1.807, 2.05) is 64.1 Å². The molecule has 2 heterocycles. The van der Waals surface area contributed by atoms with Crippen LogP contribution in [0.1, 0.15) is 10.4 Å². The molecule has 0 unspecified atom stereocenters. The lowest BCUT2D eigenvalue weighted by atomic mass is 10.1. The number of ether oxygens (including phenoxy) is 1. The molecule has 0 bridgehead atoms. The van der Waals surface area contributed by atoms with Gasteiger partial charge in [0, 0.05) is 43.3 Å². The summed E-state index contributed by atoms with van der Waals surface area (Å²) >= 11 is 0. The summed E-state index contributed by atoms with van der Waals surface area (Å²) in [5, 5.41) is 4.08. The first kappa shape index (κ1) is 19.3. The molecule has 0 radical (unpaired) electrons. The largest absolute Gasteiger partial charge is 0.439 e. The van der Waals surface area contributed by atoms with Crippen molar-refractivity contribution in [2.45, 2.75) is 0 Å². The van der Waals surface area contributed by atoms with Crippen LogP contribution in [0.25, 0.3) is 16.6 Å². The Bertz CT molecular complexity index is 1230. The van der Waals surface area contributed by atoms with Crippen molar-refractivity contribution < 1.29 is 13.9 Å². The van der Waals surface area contributed by atoms with E-state index in [-0.39, 0.29) is 5.91 Å². The number of halogens is 1. The zero-order valence-corrected chi connectivity index (χ0v) is 16.9. The molecular formula is C25H22FN3O2. The van der Waals surface area contributed by atoms with Crippen LogP contribution in [0, 0.1) is 5.82 Å². The highest BCUT2D eigenvalue weighted by Gasteiger charge is 2.29. The fourth-order valence-corrected chi connectivity index (χ4v) is 4.02. The zero-order chi connectivity index (χ0) is 21.2. The molecule has 156 valence electrons. The van der Waals surface area contributed by atoms with Crippen molar-refractivity contribution in [1.29, 1.82) is 0 Å². The van der Waals surface area contributed by atoms with Gasteiger partial charge < -0.3 is 15.0 Å². The molecule has 1 N–H and O–H groups in total. The average Bonchev–Trinajstić information content (AvgIpc) is 3.13. The quantitative estimate of drug-likeness (QED) is 0.530. The Balaban J connectivity index is 1.75. The average molecular weight is 415 g/mol. The molecule has 1 aliphatic heterocycles. The minimum absolute atomic E-state index is 0.0845. The van der Waals surface area contributed by atoms with E-state index >= 15 is 0 Å². The molecular weight excluding hydrogens is 393 g/mol. The molecule has 5 nitrogen and oxygen atoms in total. The number of hydrogen-bond acceptors (Lipinski definition) is 3. The van der Waals surface area contributed by atoms with Crippen LogP contribution >= 0.6 is 0 Å². The lowest BCUT2D eigenvalue weighted by molar-refractivity contribution is 0.0735. The van der Waals surface area contributed by atoms with Crippen LogP contribution in [0.15, 0.2) is 78.9 Å². The van der Waals surface area contributed by atoms with Gasteiger partial charge in [-0.25, -0.2) is 4.39 Å². The number of rotatable bonds is 4. The maximum Gasteiger partial charge on any atom is 0.260 e. The van der Waals surface area contributed by atoms with Crippen molar-refractivity contribution in [2.75, 3.05) is 26.2 Å². The monoisotopic (exact) mass is 415 g/mol. The molecule has 31 heavy (non-hydrogen) atoms. The summed E-state index contributed by atoms with van der Waals surface area (Å²) in [6.07, 6.45) is 0. The molecule has 0 spiro atoms. The first-order chi connectivity index (χ1) is 15.2. The van der Waals surface area contributed by atoms with Gasteiger partial charge in [-0.15, -0.1) is 0 Å². The summed E-state index contributed by atoms with van der Waals surface area (Å²) in [4.78, 5) is 15.5. The molecule has 0 atom stereocenters. The van der Waals surface area contributed by atoms with Gasteiger partial charge in [-0.05, 0) is 30.3 Å². The highest BCUT2D eigenvalue weighted by atomic mass is 19.1. The summed E-state index contributed by atoms with van der Waals surface area (Å²) in [5.74, 6) is 0.254. The SMILES string of the molecule is O=C(c1c(Oc2cccc(F)c2)n(-c2ccccc2)c2ccccc12)N1CCNCC1. The van der Waals surface area contributed by atoms with Crippen LogP contribution in [0.3, 0.4) is 0 Å². The van der Waals surface area contributed by atoms with Gasteiger partial charge in [0.1, 0.15) is 17.1 Å². The van der Waals surface area contributed by atoms with Gasteiger partial charge in [0.05, 0.1) is 5.52 Å². The third-order valence-electron chi connectivity index (χ3n) is 5.47. The fourth-order valence-electron chi connectivity index (χ4n) is 4.02. The third kappa shape index (κ3) is 3.66. The highest BCUT2D eigenvalue weighted by molar-refractivity contribution is 6.10. The van der Waals surface area contributed by atoms with Crippen molar-refractivity contribution >= 4 is 16.8 Å². The van der Waals surface area contributed by atoms with Crippen LogP contribution < -0.4 is 10.1 Å². The third-order valence-corrected chi connectivity index (χ3v) is 5.47. The summed E-state index contributed by atoms with van der Waals surface area (Å²) in [7, 11) is 0. The van der Waals surface area contributed by atoms with E-state index in [1.54, 1.807) is 12.1 Å². The first-order valence-electron chi connectivity index (χ1n) is 10.3. The Morgan fingerprint density at radius 1 is 0.903 bits per heavy atom. The Kier molecular flexibility index (Phi) is 5.14. The predicted molar refractivity (Wildman–Crippen MR) is 119 cm³/mol. The van der Waals surface area contributed by atoms with Crippen molar-refractivity contribution in [3.8, 4) is 17.3 Å². The normalized spacial score (nSPS) is 14.0. The number of hydrogen-bond donors (Lipinski definition) is 1. The minimum Gasteiger partial charge on any atom is -0.439 e. The number of aromatic nitrogens is 1. The number of benzene rings is 3. The number of amides is 1. The lowest BCUT2D eigenvalue weighted by Gasteiger charge is -2.27. The molecule has 3 aromatic carbocycles. The van der Waals surface area contributed by atoms with Gasteiger partial charge in [-0.2, -0.15) is 0 Å². The van der Waals surface area contributed by atoms with Crippen molar-refractivity contribution in [2.24, 2.45) is 0 Å². The topological polar surface area (TPSA) is 46.5 Å². The Labute approximate surface area is 179 Å². The van der Waals surface area contributed by atoms with Crippen molar-refractivity contribution in [3.63, 3.8) is 0 Å². The van der Waals surface area contributed by atoms with Crippen LogP contribution in [0.5, 0.6) is 11.6 Å². The van der Waals surface area contributed by atoms with E-state index < -0.39 is 5.82 Å². The molecule has 4 aromatic rings. The Morgan fingerprint density at radius 3 is 2.42 bits per heavy atom. The van der Waals surface area contributed by atoms with E-state index in [9.17, 15) is 9.18 Å². The molecule has 1 fully saturated rings. The summed E-state index contributed by atoms with van der Waals surface area (Å²) < 4.78 is 22.0. The van der Waals surface area contributed by atoms with E-state index in [2.05, 4.69) is 5.32 Å². The second-order valence-electron chi connectivity index (χ2n) is 7.47. The molecule has 1 aliphatic rings. The summed E-state index contributed by atoms with van der Waals surface area (Å²) in [6.45, 7) is 2.76. The summed E-state index contributed by atoms with van der Waals surface area (Å²) in [6, 6.07) is 23.5. The molecule has 1 aromatic heterocycles.